The molecule has 0 aliphatic heterocycles. The second-order valence-corrected chi connectivity index (χ2v) is 1.14. The molecule has 0 heterocycles. The molecule has 0 saturated carbocycles. The van der Waals surface area contributed by atoms with Crippen LogP contribution in [0.4, 0.5) is 0 Å². The van der Waals surface area contributed by atoms with E-state index < -0.39 is 10.8 Å². The van der Waals surface area contributed by atoms with Gasteiger partial charge in [0.25, 0.3) is 0 Å². The van der Waals surface area contributed by atoms with Gasteiger partial charge in [-0.1, -0.05) is 0 Å². The highest BCUT2D eigenvalue weighted by atomic mass is 16.6. The predicted octanol–water partition coefficient (Wildman–Crippen LogP) is -2.03. The van der Waals surface area contributed by atoms with Crippen molar-refractivity contribution in [2.45, 2.75) is 5.97 Å². The summed E-state index contributed by atoms with van der Waals surface area (Å²) in [5.74, 6) is -2.69. The Morgan fingerprint density at radius 1 is 1.62 bits per heavy atom. The molecule has 0 saturated heterocycles. The molecule has 8 heavy (non-hydrogen) atoms. The molecule has 0 aliphatic carbocycles. The SMILES string of the molecule is NC(N)(O)[N+]([O-])=N[O-]. The van der Waals surface area contributed by atoms with E-state index in [0.717, 1.165) is 0 Å². The van der Waals surface area contributed by atoms with Gasteiger partial charge in [-0.3, -0.25) is 0 Å². The zero-order valence-corrected chi connectivity index (χ0v) is 3.81. The Hall–Kier alpha value is -0.920. The van der Waals surface area contributed by atoms with Crippen LogP contribution in [-0.2, 0) is 0 Å². The second-order valence-electron chi connectivity index (χ2n) is 1.14. The van der Waals surface area contributed by atoms with Gasteiger partial charge in [-0.15, -0.1) is 0 Å². The second kappa shape index (κ2) is 1.90. The molecule has 0 aromatic heterocycles. The summed E-state index contributed by atoms with van der Waals surface area (Å²) in [7, 11) is 0. The van der Waals surface area contributed by atoms with Crippen LogP contribution in [0, 0.1) is 10.4 Å². The monoisotopic (exact) mass is 121 g/mol. The van der Waals surface area contributed by atoms with Gasteiger partial charge >= 0.3 is 5.97 Å². The maximum Gasteiger partial charge on any atom is 0.422 e. The van der Waals surface area contributed by atoms with Crippen molar-refractivity contribution in [3.8, 4) is 0 Å². The first-order valence-electron chi connectivity index (χ1n) is 1.59. The zero-order valence-electron chi connectivity index (χ0n) is 3.81. The summed E-state index contributed by atoms with van der Waals surface area (Å²) in [5.41, 5.74) is 8.88. The lowest BCUT2D eigenvalue weighted by molar-refractivity contribution is -0.656. The number of aliphatic hydroxyl groups is 1. The first-order valence-corrected chi connectivity index (χ1v) is 1.59. The summed E-state index contributed by atoms with van der Waals surface area (Å²) in [6, 6.07) is 0. The molecule has 0 bridgehead atoms. The molecule has 0 aromatic rings. The smallest absolute Gasteiger partial charge is 0.422 e. The van der Waals surface area contributed by atoms with Crippen molar-refractivity contribution in [2.75, 3.05) is 0 Å². The van der Waals surface area contributed by atoms with Crippen molar-refractivity contribution in [1.82, 2.24) is 0 Å². The van der Waals surface area contributed by atoms with Gasteiger partial charge in [0.1, 0.15) is 0 Å². The normalized spacial score (nSPS) is 14.1. The first kappa shape index (κ1) is 7.08. The van der Waals surface area contributed by atoms with Crippen LogP contribution in [0.15, 0.2) is 5.28 Å². The molecular weight excluding hydrogens is 116 g/mol. The van der Waals surface area contributed by atoms with Crippen LogP contribution in [0.25, 0.3) is 0 Å². The molecule has 0 radical (unpaired) electrons. The zero-order chi connectivity index (χ0) is 6.78. The standard InChI is InChI=1S/CH6N4O3/c2-1(3,6)5(8)4-7/h6-7H,2-3H2/p-1. The van der Waals surface area contributed by atoms with Gasteiger partial charge in [0.05, 0.1) is 0 Å². The number of hydrogen-bond acceptors (Lipinski definition) is 6. The number of nitrogens with two attached hydrogens (primary N) is 2. The highest BCUT2D eigenvalue weighted by Crippen LogP contribution is 1.84. The molecule has 0 aliphatic rings. The number of nitrogens with zero attached hydrogens (tertiary/aromatic N) is 2. The Kier molecular flexibility index (Phi) is 1.68. The average Bonchev–Trinajstić information content (AvgIpc) is 1.62. The van der Waals surface area contributed by atoms with E-state index >= 15 is 0 Å². The molecule has 7 nitrogen and oxygen atoms in total. The van der Waals surface area contributed by atoms with Crippen LogP contribution in [-0.4, -0.2) is 15.9 Å². The minimum absolute atomic E-state index is 0.757. The van der Waals surface area contributed by atoms with Crippen LogP contribution >= 0.6 is 0 Å². The van der Waals surface area contributed by atoms with Crippen molar-refractivity contribution in [2.24, 2.45) is 16.7 Å². The summed E-state index contributed by atoms with van der Waals surface area (Å²) < 4.78 is 0. The number of hydroxylamine groups is 1. The van der Waals surface area contributed by atoms with Crippen molar-refractivity contribution in [1.29, 1.82) is 0 Å². The van der Waals surface area contributed by atoms with Gasteiger partial charge in [-0.05, 0) is 10.1 Å². The fourth-order valence-corrected chi connectivity index (χ4v) is 0.0654. The van der Waals surface area contributed by atoms with E-state index in [2.05, 4.69) is 11.5 Å². The van der Waals surface area contributed by atoms with Crippen LogP contribution < -0.4 is 11.5 Å². The molecule has 0 fully saturated rings. The third kappa shape index (κ3) is 1.69. The lowest BCUT2D eigenvalue weighted by Gasteiger charge is -2.12. The third-order valence-corrected chi connectivity index (χ3v) is 0.381. The summed E-state index contributed by atoms with van der Waals surface area (Å²) >= 11 is 0. The van der Waals surface area contributed by atoms with Gasteiger partial charge < -0.3 is 15.5 Å². The quantitative estimate of drug-likeness (QED) is 0.159. The minimum atomic E-state index is -2.69. The van der Waals surface area contributed by atoms with Gasteiger partial charge in [-0.25, -0.2) is 11.5 Å². The maximum atomic E-state index is 9.77. The van der Waals surface area contributed by atoms with E-state index in [-0.39, 0.29) is 0 Å². The van der Waals surface area contributed by atoms with E-state index in [4.69, 9.17) is 5.11 Å². The predicted molar refractivity (Wildman–Crippen MR) is 22.7 cm³/mol. The topological polar surface area (TPSA) is 134 Å². The fourth-order valence-electron chi connectivity index (χ4n) is 0.0654. The number of hydrogen-bond donors (Lipinski definition) is 3. The summed E-state index contributed by atoms with van der Waals surface area (Å²) in [4.78, 5) is -0.757. The van der Waals surface area contributed by atoms with Crippen LogP contribution in [0.1, 0.15) is 0 Å². The lowest BCUT2D eigenvalue weighted by atomic mass is 10.8. The molecule has 0 atom stereocenters. The van der Waals surface area contributed by atoms with E-state index in [1.165, 1.54) is 0 Å². The first-order chi connectivity index (χ1) is 3.48. The highest BCUT2D eigenvalue weighted by molar-refractivity contribution is 4.36. The van der Waals surface area contributed by atoms with Crippen LogP contribution in [0.2, 0.25) is 0 Å². The lowest BCUT2D eigenvalue weighted by Crippen LogP contribution is -2.56. The van der Waals surface area contributed by atoms with E-state index in [9.17, 15) is 10.4 Å². The molecule has 5 N–H and O–H groups in total. The van der Waals surface area contributed by atoms with Gasteiger partial charge in [0.15, 0.2) is 0 Å². The average molecular weight is 121 g/mol. The third-order valence-electron chi connectivity index (χ3n) is 0.381. The largest absolute Gasteiger partial charge is 0.739 e. The minimum Gasteiger partial charge on any atom is -0.739 e. The van der Waals surface area contributed by atoms with E-state index in [0.29, 0.717) is 0 Å². The highest BCUT2D eigenvalue weighted by Gasteiger charge is 2.24. The van der Waals surface area contributed by atoms with E-state index in [1.807, 2.05) is 0 Å². The molecule has 0 amide bonds. The van der Waals surface area contributed by atoms with Crippen molar-refractivity contribution >= 4 is 0 Å². The van der Waals surface area contributed by atoms with Gasteiger partial charge in [0.2, 0.25) is 0 Å². The van der Waals surface area contributed by atoms with Gasteiger partial charge in [0, 0.05) is 0 Å². The summed E-state index contributed by atoms with van der Waals surface area (Å²) in [6.45, 7) is 0. The Balaban J connectivity index is 4.03. The molecule has 0 aromatic carbocycles. The Morgan fingerprint density at radius 3 is 2.00 bits per heavy atom. The fraction of sp³-hybridized carbons (Fsp3) is 1.00. The van der Waals surface area contributed by atoms with Crippen molar-refractivity contribution < 1.29 is 9.97 Å². The summed E-state index contributed by atoms with van der Waals surface area (Å²) in [6.07, 6.45) is 0. The Bertz CT molecular complexity index is 102. The molecule has 0 unspecified atom stereocenters. The molecule has 7 heteroatoms. The van der Waals surface area contributed by atoms with Crippen molar-refractivity contribution in [3.63, 3.8) is 0 Å². The number of rotatable bonds is 1. The van der Waals surface area contributed by atoms with Crippen LogP contribution in [0.5, 0.6) is 0 Å². The van der Waals surface area contributed by atoms with Gasteiger partial charge in [-0.2, -0.15) is 0 Å². The van der Waals surface area contributed by atoms with E-state index in [1.54, 1.807) is 5.28 Å². The van der Waals surface area contributed by atoms with Crippen molar-refractivity contribution in [3.05, 3.63) is 10.4 Å². The Labute approximate surface area is 44.4 Å². The Morgan fingerprint density at radius 2 is 2.00 bits per heavy atom. The molecule has 48 valence electrons. The maximum absolute atomic E-state index is 9.77. The molecular formula is CH5N4O3-. The molecule has 0 rings (SSSR count). The van der Waals surface area contributed by atoms with Crippen LogP contribution in [0.3, 0.4) is 0 Å². The summed E-state index contributed by atoms with van der Waals surface area (Å²) in [5, 5.41) is 28.8. The molecule has 0 spiro atoms.